The van der Waals surface area contributed by atoms with Gasteiger partial charge in [0.1, 0.15) is 11.6 Å². The lowest BCUT2D eigenvalue weighted by atomic mass is 10.3. The van der Waals surface area contributed by atoms with Crippen LogP contribution in [0, 0.1) is 12.7 Å². The lowest BCUT2D eigenvalue weighted by Crippen LogP contribution is -1.98. The Hall–Kier alpha value is -1.20. The van der Waals surface area contributed by atoms with Crippen molar-refractivity contribution in [2.45, 2.75) is 6.92 Å². The third-order valence-corrected chi connectivity index (χ3v) is 2.91. The van der Waals surface area contributed by atoms with Crippen LogP contribution < -0.4 is 5.32 Å². The quantitative estimate of drug-likeness (QED) is 0.848. The van der Waals surface area contributed by atoms with E-state index in [4.69, 9.17) is 11.6 Å². The van der Waals surface area contributed by atoms with E-state index in [2.05, 4.69) is 31.2 Å². The third-order valence-electron chi connectivity index (χ3n) is 2.12. The molecule has 3 nitrogen and oxygen atoms in total. The number of aryl methyl sites for hydroxylation is 1. The lowest BCUT2D eigenvalue weighted by Gasteiger charge is -2.08. The maximum Gasteiger partial charge on any atom is 0.224 e. The largest absolute Gasteiger partial charge is 0.340 e. The standard InChI is InChI=1S/C11H8BrClFN3/c1-6-5-15-11(13)17-10(6)16-7-2-3-9(14)8(12)4-7/h2-5H,1H3,(H,15,16,17). The second kappa shape index (κ2) is 4.98. The minimum atomic E-state index is -0.312. The summed E-state index contributed by atoms with van der Waals surface area (Å²) >= 11 is 8.83. The minimum absolute atomic E-state index is 0.166. The van der Waals surface area contributed by atoms with Gasteiger partial charge in [-0.1, -0.05) is 0 Å². The Kier molecular flexibility index (Phi) is 3.59. The van der Waals surface area contributed by atoms with Gasteiger partial charge in [0.25, 0.3) is 0 Å². The highest BCUT2D eigenvalue weighted by atomic mass is 79.9. The van der Waals surface area contributed by atoms with E-state index in [-0.39, 0.29) is 11.1 Å². The number of hydrogen-bond donors (Lipinski definition) is 1. The van der Waals surface area contributed by atoms with Gasteiger partial charge < -0.3 is 5.32 Å². The van der Waals surface area contributed by atoms with Crippen LogP contribution >= 0.6 is 27.5 Å². The number of hydrogen-bond acceptors (Lipinski definition) is 3. The predicted molar refractivity (Wildman–Crippen MR) is 69.2 cm³/mol. The Morgan fingerprint density at radius 2 is 2.18 bits per heavy atom. The molecule has 0 saturated heterocycles. The van der Waals surface area contributed by atoms with E-state index < -0.39 is 0 Å². The second-order valence-electron chi connectivity index (χ2n) is 3.42. The fraction of sp³-hybridized carbons (Fsp3) is 0.0909. The van der Waals surface area contributed by atoms with Crippen LogP contribution in [0.25, 0.3) is 0 Å². The van der Waals surface area contributed by atoms with E-state index in [0.29, 0.717) is 10.3 Å². The van der Waals surface area contributed by atoms with Crippen molar-refractivity contribution in [2.75, 3.05) is 5.32 Å². The van der Waals surface area contributed by atoms with Crippen LogP contribution in [0.4, 0.5) is 15.9 Å². The first-order valence-corrected chi connectivity index (χ1v) is 5.94. The molecule has 0 saturated carbocycles. The fourth-order valence-corrected chi connectivity index (χ4v) is 1.77. The normalized spacial score (nSPS) is 10.4. The van der Waals surface area contributed by atoms with Crippen molar-refractivity contribution < 1.29 is 4.39 Å². The summed E-state index contributed by atoms with van der Waals surface area (Å²) in [6, 6.07) is 4.62. The van der Waals surface area contributed by atoms with Crippen LogP contribution in [-0.2, 0) is 0 Å². The number of halogens is 3. The molecule has 0 unspecified atom stereocenters. The number of anilines is 2. The first-order chi connectivity index (χ1) is 8.06. The second-order valence-corrected chi connectivity index (χ2v) is 4.62. The van der Waals surface area contributed by atoms with E-state index in [1.165, 1.54) is 6.07 Å². The summed E-state index contributed by atoms with van der Waals surface area (Å²) in [5.74, 6) is 0.288. The van der Waals surface area contributed by atoms with E-state index in [1.54, 1.807) is 18.3 Å². The summed E-state index contributed by atoms with van der Waals surface area (Å²) in [5, 5.41) is 3.21. The van der Waals surface area contributed by atoms with Crippen molar-refractivity contribution in [3.05, 3.63) is 45.5 Å². The van der Waals surface area contributed by atoms with Crippen LogP contribution in [0.3, 0.4) is 0 Å². The van der Waals surface area contributed by atoms with Crippen molar-refractivity contribution in [2.24, 2.45) is 0 Å². The average Bonchev–Trinajstić information content (AvgIpc) is 2.29. The molecule has 0 atom stereocenters. The average molecular weight is 317 g/mol. The number of aromatic nitrogens is 2. The van der Waals surface area contributed by atoms with Gasteiger partial charge in [-0.25, -0.2) is 14.4 Å². The van der Waals surface area contributed by atoms with Crippen molar-refractivity contribution >= 4 is 39.0 Å². The molecule has 0 bridgehead atoms. The first kappa shape index (κ1) is 12.3. The summed E-state index contributed by atoms with van der Waals surface area (Å²) in [6.45, 7) is 1.86. The summed E-state index contributed by atoms with van der Waals surface area (Å²) in [5.41, 5.74) is 1.57. The zero-order valence-corrected chi connectivity index (χ0v) is 11.2. The molecular weight excluding hydrogens is 308 g/mol. The van der Waals surface area contributed by atoms with Crippen molar-refractivity contribution in [1.82, 2.24) is 9.97 Å². The maximum atomic E-state index is 13.1. The van der Waals surface area contributed by atoms with E-state index in [0.717, 1.165) is 11.3 Å². The van der Waals surface area contributed by atoms with Gasteiger partial charge in [-0.15, -0.1) is 0 Å². The molecular formula is C11H8BrClFN3. The van der Waals surface area contributed by atoms with E-state index >= 15 is 0 Å². The fourth-order valence-electron chi connectivity index (χ4n) is 1.26. The van der Waals surface area contributed by atoms with Crippen LogP contribution in [0.2, 0.25) is 5.28 Å². The Bertz CT molecular complexity index is 562. The molecule has 0 aliphatic heterocycles. The predicted octanol–water partition coefficient (Wildman–Crippen LogP) is 4.08. The highest BCUT2D eigenvalue weighted by Crippen LogP contribution is 2.24. The summed E-state index contributed by atoms with van der Waals surface area (Å²) < 4.78 is 13.4. The summed E-state index contributed by atoms with van der Waals surface area (Å²) in [7, 11) is 0. The SMILES string of the molecule is Cc1cnc(Cl)nc1Nc1ccc(F)c(Br)c1. The van der Waals surface area contributed by atoms with Gasteiger partial charge >= 0.3 is 0 Å². The third kappa shape index (κ3) is 2.92. The summed E-state index contributed by atoms with van der Waals surface area (Å²) in [6.07, 6.45) is 1.62. The Morgan fingerprint density at radius 3 is 2.88 bits per heavy atom. The molecule has 6 heteroatoms. The molecule has 0 spiro atoms. The molecule has 0 aliphatic carbocycles. The smallest absolute Gasteiger partial charge is 0.224 e. The van der Waals surface area contributed by atoms with Crippen LogP contribution in [0.1, 0.15) is 5.56 Å². The van der Waals surface area contributed by atoms with E-state index in [9.17, 15) is 4.39 Å². The molecule has 88 valence electrons. The number of rotatable bonds is 2. The zero-order valence-electron chi connectivity index (χ0n) is 8.84. The lowest BCUT2D eigenvalue weighted by molar-refractivity contribution is 0.621. The van der Waals surface area contributed by atoms with Crippen LogP contribution in [0.5, 0.6) is 0 Å². The molecule has 0 amide bonds. The van der Waals surface area contributed by atoms with Crippen molar-refractivity contribution in [3.8, 4) is 0 Å². The van der Waals surface area contributed by atoms with Crippen molar-refractivity contribution in [1.29, 1.82) is 0 Å². The van der Waals surface area contributed by atoms with Crippen LogP contribution in [-0.4, -0.2) is 9.97 Å². The number of benzene rings is 1. The topological polar surface area (TPSA) is 37.8 Å². The van der Waals surface area contributed by atoms with Crippen LogP contribution in [0.15, 0.2) is 28.9 Å². The molecule has 1 heterocycles. The van der Waals surface area contributed by atoms with Gasteiger partial charge in [0.05, 0.1) is 4.47 Å². The molecule has 0 aliphatic rings. The Morgan fingerprint density at radius 1 is 1.41 bits per heavy atom. The van der Waals surface area contributed by atoms with Gasteiger partial charge in [-0.05, 0) is 52.7 Å². The monoisotopic (exact) mass is 315 g/mol. The molecule has 2 rings (SSSR count). The van der Waals surface area contributed by atoms with Gasteiger partial charge in [0.2, 0.25) is 5.28 Å². The molecule has 1 N–H and O–H groups in total. The number of nitrogens with zero attached hydrogens (tertiary/aromatic N) is 2. The van der Waals surface area contributed by atoms with E-state index in [1.807, 2.05) is 6.92 Å². The van der Waals surface area contributed by atoms with Gasteiger partial charge in [-0.3, -0.25) is 0 Å². The Labute approximate surface area is 111 Å². The van der Waals surface area contributed by atoms with Gasteiger partial charge in [0, 0.05) is 17.4 Å². The highest BCUT2D eigenvalue weighted by Gasteiger charge is 2.05. The molecule has 17 heavy (non-hydrogen) atoms. The maximum absolute atomic E-state index is 13.1. The zero-order chi connectivity index (χ0) is 12.4. The summed E-state index contributed by atoms with van der Waals surface area (Å²) in [4.78, 5) is 7.91. The minimum Gasteiger partial charge on any atom is -0.340 e. The molecule has 1 aromatic heterocycles. The molecule has 2 aromatic rings. The first-order valence-electron chi connectivity index (χ1n) is 4.77. The Balaban J connectivity index is 2.31. The number of nitrogens with one attached hydrogen (secondary N) is 1. The van der Waals surface area contributed by atoms with Crippen molar-refractivity contribution in [3.63, 3.8) is 0 Å². The molecule has 0 radical (unpaired) electrons. The molecule has 0 fully saturated rings. The van der Waals surface area contributed by atoms with Gasteiger partial charge in [-0.2, -0.15) is 0 Å². The van der Waals surface area contributed by atoms with Gasteiger partial charge in [0.15, 0.2) is 0 Å². The molecule has 1 aromatic carbocycles. The highest BCUT2D eigenvalue weighted by molar-refractivity contribution is 9.10.